The van der Waals surface area contributed by atoms with E-state index in [0.29, 0.717) is 0 Å². The number of nitrogens with zero attached hydrogens (tertiary/aromatic N) is 1. The predicted molar refractivity (Wildman–Crippen MR) is 204 cm³/mol. The number of aromatic nitrogens is 1. The summed E-state index contributed by atoms with van der Waals surface area (Å²) >= 11 is 1.76. The van der Waals surface area contributed by atoms with Crippen LogP contribution in [0.25, 0.3) is 53.7 Å². The van der Waals surface area contributed by atoms with Crippen LogP contribution in [0.2, 0.25) is 0 Å². The Morgan fingerprint density at radius 2 is 1.57 bits per heavy atom. The third-order valence-corrected chi connectivity index (χ3v) is 10.8. The van der Waals surface area contributed by atoms with Crippen molar-refractivity contribution in [1.29, 1.82) is 0 Å². The van der Waals surface area contributed by atoms with E-state index in [2.05, 4.69) is 82.3 Å². The summed E-state index contributed by atoms with van der Waals surface area (Å²) < 4.78 is 7.39. The van der Waals surface area contributed by atoms with E-state index in [0.717, 1.165) is 63.9 Å². The molecule has 0 atom stereocenters. The van der Waals surface area contributed by atoms with Gasteiger partial charge in [-0.25, -0.2) is 0 Å². The Labute approximate surface area is 309 Å². The van der Waals surface area contributed by atoms with Gasteiger partial charge in [0, 0.05) is 60.0 Å². The van der Waals surface area contributed by atoms with Crippen LogP contribution in [0.3, 0.4) is 0 Å². The van der Waals surface area contributed by atoms with Crippen molar-refractivity contribution in [3.63, 3.8) is 0 Å². The zero-order valence-corrected chi connectivity index (χ0v) is 33.2. The maximum Gasteiger partial charge on any atom is 0.162 e. The minimum absolute atomic E-state index is 0. The molecule has 0 saturated heterocycles. The maximum absolute atomic E-state index is 11.7. The minimum atomic E-state index is 0. The molecule has 1 radical (unpaired) electrons. The number of rotatable bonds is 9. The second kappa shape index (κ2) is 16.4. The van der Waals surface area contributed by atoms with Gasteiger partial charge in [0.25, 0.3) is 0 Å². The van der Waals surface area contributed by atoms with Crippen LogP contribution in [0.5, 0.6) is 0 Å². The SMILES string of the molecule is CCC(CC)C(=O)/C=C(\O)C(CC)CC.Cc1c(-c2cc3ccccc3o2)sc2c(-c3[c-]c4ccccc4c(C(C)(C)C)c3)nccc12.[Ir]. The van der Waals surface area contributed by atoms with Crippen LogP contribution < -0.4 is 0 Å². The van der Waals surface area contributed by atoms with Gasteiger partial charge in [-0.15, -0.1) is 40.5 Å². The van der Waals surface area contributed by atoms with Crippen LogP contribution >= 0.6 is 11.3 Å². The number of aryl methyl sites for hydroxylation is 1. The van der Waals surface area contributed by atoms with Gasteiger partial charge >= 0.3 is 0 Å². The molecule has 0 spiro atoms. The summed E-state index contributed by atoms with van der Waals surface area (Å²) in [5, 5.41) is 14.5. The first-order valence-corrected chi connectivity index (χ1v) is 18.1. The van der Waals surface area contributed by atoms with E-state index >= 15 is 0 Å². The molecule has 6 rings (SSSR count). The van der Waals surface area contributed by atoms with E-state index in [9.17, 15) is 9.90 Å². The molecule has 259 valence electrons. The molecule has 6 heteroatoms. The smallest absolute Gasteiger partial charge is 0.162 e. The first-order chi connectivity index (χ1) is 23.0. The number of ketones is 1. The Morgan fingerprint density at radius 3 is 2.22 bits per heavy atom. The van der Waals surface area contributed by atoms with Gasteiger partial charge in [0.05, 0.1) is 10.6 Å². The Kier molecular flexibility index (Phi) is 12.8. The molecule has 4 nitrogen and oxygen atoms in total. The second-order valence-corrected chi connectivity index (χ2v) is 14.7. The van der Waals surface area contributed by atoms with Crippen molar-refractivity contribution in [2.24, 2.45) is 11.8 Å². The number of benzene rings is 3. The van der Waals surface area contributed by atoms with Crippen LogP contribution in [0, 0.1) is 24.8 Å². The summed E-state index contributed by atoms with van der Waals surface area (Å²) in [6.45, 7) is 17.0. The molecule has 0 aliphatic carbocycles. The third kappa shape index (κ3) is 8.26. The number of para-hydroxylation sites is 1. The van der Waals surface area contributed by atoms with E-state index in [1.807, 2.05) is 52.1 Å². The van der Waals surface area contributed by atoms with Gasteiger partial charge in [0.15, 0.2) is 5.78 Å². The van der Waals surface area contributed by atoms with Crippen molar-refractivity contribution in [2.75, 3.05) is 0 Å². The number of pyridine rings is 1. The molecule has 49 heavy (non-hydrogen) atoms. The number of aliphatic hydroxyl groups is 1. The van der Waals surface area contributed by atoms with Gasteiger partial charge in [-0.2, -0.15) is 0 Å². The standard InChI is InChI=1S/C30H24NOS.C13H24O2.Ir/c1-18-22-13-14-31-27(21-15-19-9-5-7-11-23(19)24(16-21)30(2,3)4)29(22)33-28(18)26-17-20-10-6-8-12-25(20)32-26;1-5-10(6-2)12(14)9-13(15)11(7-3)8-4;/h5-14,16-17H,1-4H3;9-11,14H,5-8H2,1-4H3;/q-1;;/b;12-9-;. The van der Waals surface area contributed by atoms with Crippen molar-refractivity contribution in [2.45, 2.75) is 86.5 Å². The number of fused-ring (bicyclic) bond motifs is 3. The summed E-state index contributed by atoms with van der Waals surface area (Å²) in [6, 6.07) is 26.9. The topological polar surface area (TPSA) is 63.3 Å². The van der Waals surface area contributed by atoms with Crippen molar-refractivity contribution >= 4 is 48.9 Å². The number of furan rings is 1. The molecule has 3 aromatic carbocycles. The van der Waals surface area contributed by atoms with Gasteiger partial charge in [0.1, 0.15) is 11.3 Å². The fourth-order valence-corrected chi connectivity index (χ4v) is 7.69. The third-order valence-electron chi connectivity index (χ3n) is 9.42. The molecule has 0 fully saturated rings. The first kappa shape index (κ1) is 38.2. The number of hydrogen-bond acceptors (Lipinski definition) is 5. The van der Waals surface area contributed by atoms with Crippen LogP contribution in [0.1, 0.15) is 85.3 Å². The molecule has 3 heterocycles. The van der Waals surface area contributed by atoms with Gasteiger partial charge in [0.2, 0.25) is 0 Å². The molecule has 0 aliphatic heterocycles. The van der Waals surface area contributed by atoms with Gasteiger partial charge in [-0.1, -0.05) is 95.8 Å². The number of thiophene rings is 1. The van der Waals surface area contributed by atoms with Crippen molar-refractivity contribution in [3.8, 4) is 21.9 Å². The summed E-state index contributed by atoms with van der Waals surface area (Å²) in [6.07, 6.45) is 6.82. The summed E-state index contributed by atoms with van der Waals surface area (Å²) in [4.78, 5) is 17.7. The normalized spacial score (nSPS) is 12.1. The number of allylic oxidation sites excluding steroid dienone is 2. The largest absolute Gasteiger partial charge is 0.512 e. The van der Waals surface area contributed by atoms with Crippen LogP contribution in [-0.4, -0.2) is 15.9 Å². The average Bonchev–Trinajstić information content (AvgIpc) is 3.66. The van der Waals surface area contributed by atoms with Crippen molar-refractivity contribution < 1.29 is 34.4 Å². The first-order valence-electron chi connectivity index (χ1n) is 17.3. The fraction of sp³-hybridized carbons (Fsp3) is 0.349. The molecule has 0 bridgehead atoms. The number of aliphatic hydroxyl groups excluding tert-OH is 1. The molecule has 3 aromatic heterocycles. The van der Waals surface area contributed by atoms with E-state index in [1.165, 1.54) is 32.7 Å². The van der Waals surface area contributed by atoms with Gasteiger partial charge < -0.3 is 9.52 Å². The van der Waals surface area contributed by atoms with Crippen molar-refractivity contribution in [3.05, 3.63) is 102 Å². The average molecular weight is 851 g/mol. The van der Waals surface area contributed by atoms with E-state index in [-0.39, 0.29) is 48.9 Å². The number of carbonyl (C=O) groups is 1. The summed E-state index contributed by atoms with van der Waals surface area (Å²) in [5.74, 6) is 1.46. The zero-order valence-electron chi connectivity index (χ0n) is 29.9. The Balaban J connectivity index is 0.000000290. The Hall–Kier alpha value is -3.57. The molecule has 0 unspecified atom stereocenters. The van der Waals surface area contributed by atoms with E-state index < -0.39 is 0 Å². The zero-order chi connectivity index (χ0) is 34.6. The van der Waals surface area contributed by atoms with Crippen molar-refractivity contribution in [1.82, 2.24) is 4.98 Å². The molecule has 1 N–H and O–H groups in total. The summed E-state index contributed by atoms with van der Waals surface area (Å²) in [5.41, 5.74) is 5.51. The van der Waals surface area contributed by atoms with E-state index in [1.54, 1.807) is 11.3 Å². The monoisotopic (exact) mass is 851 g/mol. The Morgan fingerprint density at radius 1 is 0.918 bits per heavy atom. The second-order valence-electron chi connectivity index (χ2n) is 13.6. The predicted octanol–water partition coefficient (Wildman–Crippen LogP) is 12.8. The minimum Gasteiger partial charge on any atom is -0.512 e. The van der Waals surface area contributed by atoms with Crippen LogP contribution in [-0.2, 0) is 30.3 Å². The van der Waals surface area contributed by atoms with E-state index in [4.69, 9.17) is 9.40 Å². The van der Waals surface area contributed by atoms with Crippen LogP contribution in [0.15, 0.2) is 89.2 Å². The number of carbonyl (C=O) groups excluding carboxylic acids is 1. The van der Waals surface area contributed by atoms with Gasteiger partial charge in [-0.05, 0) is 67.2 Å². The molecule has 0 saturated carbocycles. The molecule has 0 amide bonds. The molecular weight excluding hydrogens is 803 g/mol. The molecule has 6 aromatic rings. The summed E-state index contributed by atoms with van der Waals surface area (Å²) in [7, 11) is 0. The fourth-order valence-electron chi connectivity index (χ4n) is 6.43. The molecule has 0 aliphatic rings. The maximum atomic E-state index is 11.7. The number of hydrogen-bond donors (Lipinski definition) is 1. The molecular formula is C43H48IrNO3S-. The quantitative estimate of drug-likeness (QED) is 0.0894. The van der Waals surface area contributed by atoms with Gasteiger partial charge in [-0.3, -0.25) is 9.78 Å². The van der Waals surface area contributed by atoms with Crippen LogP contribution in [0.4, 0.5) is 0 Å². The Bertz CT molecular complexity index is 2040.